The van der Waals surface area contributed by atoms with Gasteiger partial charge in [-0.15, -0.1) is 0 Å². The van der Waals surface area contributed by atoms with Crippen LogP contribution < -0.4 is 10.6 Å². The van der Waals surface area contributed by atoms with Gasteiger partial charge in [0.25, 0.3) is 5.91 Å². The van der Waals surface area contributed by atoms with Crippen LogP contribution >= 0.6 is 11.6 Å². The normalized spacial score (nSPS) is 10.2. The van der Waals surface area contributed by atoms with Gasteiger partial charge in [0.15, 0.2) is 12.4 Å². The first-order valence-electron chi connectivity index (χ1n) is 9.57. The molecule has 0 aliphatic carbocycles. The van der Waals surface area contributed by atoms with Crippen molar-refractivity contribution in [2.45, 2.75) is 6.92 Å². The summed E-state index contributed by atoms with van der Waals surface area (Å²) < 4.78 is 5.16. The van der Waals surface area contributed by atoms with E-state index in [4.69, 9.17) is 16.3 Å². The zero-order chi connectivity index (χ0) is 23.1. The standard InChI is InChI=1S/C24H19ClN2O5/c1-15(28)26-19-12-8-16(9-13-19)22(29)14-32-24(31)20-4-2-3-5-21(20)27-23(30)17-6-10-18(25)11-7-17/h2-13H,14H2,1H3,(H,26,28)(H,27,30). The summed E-state index contributed by atoms with van der Waals surface area (Å²) in [6.45, 7) is 0.909. The van der Waals surface area contributed by atoms with E-state index in [1.54, 1.807) is 54.6 Å². The predicted octanol–water partition coefficient (Wildman–Crippen LogP) is 4.59. The SMILES string of the molecule is CC(=O)Nc1ccc(C(=O)COC(=O)c2ccccc2NC(=O)c2ccc(Cl)cc2)cc1. The van der Waals surface area contributed by atoms with Crippen LogP contribution in [-0.4, -0.2) is 30.2 Å². The van der Waals surface area contributed by atoms with E-state index in [0.717, 1.165) is 0 Å². The Balaban J connectivity index is 1.64. The number of amides is 2. The van der Waals surface area contributed by atoms with E-state index in [0.29, 0.717) is 21.8 Å². The van der Waals surface area contributed by atoms with Crippen molar-refractivity contribution in [3.8, 4) is 0 Å². The molecule has 3 rings (SSSR count). The molecule has 2 N–H and O–H groups in total. The number of hydrogen-bond donors (Lipinski definition) is 2. The lowest BCUT2D eigenvalue weighted by Crippen LogP contribution is -2.18. The summed E-state index contributed by atoms with van der Waals surface area (Å²) >= 11 is 5.84. The second kappa shape index (κ2) is 10.4. The summed E-state index contributed by atoms with van der Waals surface area (Å²) in [5.74, 6) is -1.80. The molecule has 0 spiro atoms. The van der Waals surface area contributed by atoms with Crippen LogP contribution in [0.2, 0.25) is 5.02 Å². The average molecular weight is 451 g/mol. The molecule has 162 valence electrons. The highest BCUT2D eigenvalue weighted by molar-refractivity contribution is 6.30. The molecule has 32 heavy (non-hydrogen) atoms. The van der Waals surface area contributed by atoms with Crippen LogP contribution in [0.4, 0.5) is 11.4 Å². The van der Waals surface area contributed by atoms with E-state index < -0.39 is 24.3 Å². The van der Waals surface area contributed by atoms with E-state index >= 15 is 0 Å². The van der Waals surface area contributed by atoms with Gasteiger partial charge in [0.05, 0.1) is 11.3 Å². The third kappa shape index (κ3) is 6.02. The Kier molecular flexibility index (Phi) is 7.36. The van der Waals surface area contributed by atoms with Crippen LogP contribution in [0.3, 0.4) is 0 Å². The molecular formula is C24H19ClN2O5. The van der Waals surface area contributed by atoms with Crippen LogP contribution in [0.25, 0.3) is 0 Å². The van der Waals surface area contributed by atoms with Gasteiger partial charge in [-0.05, 0) is 60.7 Å². The van der Waals surface area contributed by atoms with Gasteiger partial charge in [-0.3, -0.25) is 14.4 Å². The smallest absolute Gasteiger partial charge is 0.340 e. The number of carbonyl (C=O) groups is 4. The van der Waals surface area contributed by atoms with E-state index in [2.05, 4.69) is 10.6 Å². The molecule has 7 nitrogen and oxygen atoms in total. The van der Waals surface area contributed by atoms with Crippen molar-refractivity contribution in [2.75, 3.05) is 17.2 Å². The summed E-state index contributed by atoms with van der Waals surface area (Å²) in [4.78, 5) is 48.4. The first kappa shape index (κ1) is 22.7. The lowest BCUT2D eigenvalue weighted by Gasteiger charge is -2.11. The molecule has 0 saturated carbocycles. The number of esters is 1. The minimum Gasteiger partial charge on any atom is -0.454 e. The second-order valence-electron chi connectivity index (χ2n) is 6.76. The van der Waals surface area contributed by atoms with E-state index in [-0.39, 0.29) is 17.2 Å². The molecule has 3 aromatic carbocycles. The molecule has 0 aliphatic heterocycles. The van der Waals surface area contributed by atoms with Crippen LogP contribution in [0.5, 0.6) is 0 Å². The van der Waals surface area contributed by atoms with Gasteiger partial charge in [0.2, 0.25) is 5.91 Å². The van der Waals surface area contributed by atoms with Crippen LogP contribution in [0.15, 0.2) is 72.8 Å². The van der Waals surface area contributed by atoms with Crippen molar-refractivity contribution in [1.82, 2.24) is 0 Å². The Morgan fingerprint density at radius 1 is 0.812 bits per heavy atom. The Morgan fingerprint density at radius 2 is 1.44 bits per heavy atom. The van der Waals surface area contributed by atoms with E-state index in [1.165, 1.54) is 25.1 Å². The molecule has 0 fully saturated rings. The fraction of sp³-hybridized carbons (Fsp3) is 0.0833. The number of carbonyl (C=O) groups excluding carboxylic acids is 4. The summed E-state index contributed by atoms with van der Waals surface area (Å²) in [6.07, 6.45) is 0. The summed E-state index contributed by atoms with van der Waals surface area (Å²) in [6, 6.07) is 18.9. The fourth-order valence-electron chi connectivity index (χ4n) is 2.80. The van der Waals surface area contributed by atoms with Gasteiger partial charge in [0.1, 0.15) is 0 Å². The average Bonchev–Trinajstić information content (AvgIpc) is 2.78. The summed E-state index contributed by atoms with van der Waals surface area (Å²) in [5.41, 5.74) is 1.62. The molecule has 0 radical (unpaired) electrons. The maximum absolute atomic E-state index is 12.5. The third-order valence-electron chi connectivity index (χ3n) is 4.36. The van der Waals surface area contributed by atoms with Crippen LogP contribution in [0, 0.1) is 0 Å². The van der Waals surface area contributed by atoms with Gasteiger partial charge < -0.3 is 15.4 Å². The molecule has 3 aromatic rings. The highest BCUT2D eigenvalue weighted by atomic mass is 35.5. The molecule has 0 saturated heterocycles. The number of para-hydroxylation sites is 1. The van der Waals surface area contributed by atoms with Crippen molar-refractivity contribution < 1.29 is 23.9 Å². The number of anilines is 2. The Bertz CT molecular complexity index is 1160. The molecule has 0 bridgehead atoms. The van der Waals surface area contributed by atoms with Gasteiger partial charge in [-0.2, -0.15) is 0 Å². The Hall–Kier alpha value is -3.97. The molecule has 0 unspecified atom stereocenters. The molecule has 0 atom stereocenters. The zero-order valence-corrected chi connectivity index (χ0v) is 17.8. The number of rotatable bonds is 7. The van der Waals surface area contributed by atoms with Gasteiger partial charge in [-0.25, -0.2) is 4.79 Å². The maximum Gasteiger partial charge on any atom is 0.340 e. The van der Waals surface area contributed by atoms with E-state index in [1.807, 2.05) is 0 Å². The number of nitrogens with one attached hydrogen (secondary N) is 2. The number of Topliss-reactive ketones (excluding diaryl/α,β-unsaturated/α-hetero) is 1. The number of ketones is 1. The molecule has 8 heteroatoms. The predicted molar refractivity (Wildman–Crippen MR) is 121 cm³/mol. The first-order chi connectivity index (χ1) is 15.3. The minimum atomic E-state index is -0.750. The highest BCUT2D eigenvalue weighted by Crippen LogP contribution is 2.19. The highest BCUT2D eigenvalue weighted by Gasteiger charge is 2.17. The van der Waals surface area contributed by atoms with Gasteiger partial charge >= 0.3 is 5.97 Å². The molecule has 2 amide bonds. The topological polar surface area (TPSA) is 102 Å². The monoisotopic (exact) mass is 450 g/mol. The first-order valence-corrected chi connectivity index (χ1v) is 9.95. The van der Waals surface area contributed by atoms with Crippen molar-refractivity contribution in [2.24, 2.45) is 0 Å². The lowest BCUT2D eigenvalue weighted by molar-refractivity contribution is -0.114. The summed E-state index contributed by atoms with van der Waals surface area (Å²) in [7, 11) is 0. The number of halogens is 1. The second-order valence-corrected chi connectivity index (χ2v) is 7.20. The largest absolute Gasteiger partial charge is 0.454 e. The van der Waals surface area contributed by atoms with Crippen molar-refractivity contribution in [3.63, 3.8) is 0 Å². The quantitative estimate of drug-likeness (QED) is 0.405. The maximum atomic E-state index is 12.5. The molecule has 0 aliphatic rings. The number of benzene rings is 3. The van der Waals surface area contributed by atoms with Crippen LogP contribution in [0.1, 0.15) is 38.0 Å². The Morgan fingerprint density at radius 3 is 2.09 bits per heavy atom. The third-order valence-corrected chi connectivity index (χ3v) is 4.62. The lowest BCUT2D eigenvalue weighted by atomic mass is 10.1. The van der Waals surface area contributed by atoms with Gasteiger partial charge in [-0.1, -0.05) is 23.7 Å². The molecule has 0 aromatic heterocycles. The van der Waals surface area contributed by atoms with Crippen LogP contribution in [-0.2, 0) is 9.53 Å². The molecular weight excluding hydrogens is 432 g/mol. The van der Waals surface area contributed by atoms with Crippen molar-refractivity contribution in [1.29, 1.82) is 0 Å². The number of hydrogen-bond acceptors (Lipinski definition) is 5. The molecule has 0 heterocycles. The zero-order valence-electron chi connectivity index (χ0n) is 17.1. The van der Waals surface area contributed by atoms with E-state index in [9.17, 15) is 19.2 Å². The number of ether oxygens (including phenoxy) is 1. The summed E-state index contributed by atoms with van der Waals surface area (Å²) in [5, 5.41) is 5.77. The minimum absolute atomic E-state index is 0.114. The van der Waals surface area contributed by atoms with Crippen molar-refractivity contribution >= 4 is 46.5 Å². The van der Waals surface area contributed by atoms with Crippen molar-refractivity contribution in [3.05, 3.63) is 94.5 Å². The Labute approximate surface area is 189 Å². The van der Waals surface area contributed by atoms with Gasteiger partial charge in [0, 0.05) is 28.8 Å². The fourth-order valence-corrected chi connectivity index (χ4v) is 2.93.